The predicted molar refractivity (Wildman–Crippen MR) is 86.8 cm³/mol. The highest BCUT2D eigenvalue weighted by Crippen LogP contribution is 2.25. The molecule has 2 heterocycles. The second-order valence-electron chi connectivity index (χ2n) is 5.60. The number of anilines is 1. The van der Waals surface area contributed by atoms with Gasteiger partial charge in [0.1, 0.15) is 0 Å². The van der Waals surface area contributed by atoms with Crippen LogP contribution in [0.15, 0.2) is 22.5 Å². The normalized spacial score (nSPS) is 21.1. The van der Waals surface area contributed by atoms with E-state index in [1.54, 1.807) is 0 Å². The highest BCUT2D eigenvalue weighted by atomic mass is 32.1. The van der Waals surface area contributed by atoms with Crippen molar-refractivity contribution in [3.05, 3.63) is 17.5 Å². The first-order valence-electron chi connectivity index (χ1n) is 7.71. The van der Waals surface area contributed by atoms with Crippen molar-refractivity contribution in [1.82, 2.24) is 10.6 Å². The molecule has 0 atom stereocenters. The van der Waals surface area contributed by atoms with E-state index < -0.39 is 0 Å². The van der Waals surface area contributed by atoms with Gasteiger partial charge in [0.15, 0.2) is 5.96 Å². The molecule has 1 saturated carbocycles. The Balaban J connectivity index is 1.48. The molecule has 1 aliphatic heterocycles. The van der Waals surface area contributed by atoms with Crippen LogP contribution in [0.3, 0.4) is 0 Å². The summed E-state index contributed by atoms with van der Waals surface area (Å²) in [6, 6.07) is 5.58. The van der Waals surface area contributed by atoms with Gasteiger partial charge < -0.3 is 15.5 Å². The van der Waals surface area contributed by atoms with E-state index in [9.17, 15) is 0 Å². The molecule has 1 aromatic rings. The summed E-state index contributed by atoms with van der Waals surface area (Å²) in [7, 11) is 0. The van der Waals surface area contributed by atoms with Crippen molar-refractivity contribution in [3.63, 3.8) is 0 Å². The molecule has 4 nitrogen and oxygen atoms in total. The van der Waals surface area contributed by atoms with Gasteiger partial charge in [0.05, 0.1) is 5.00 Å². The van der Waals surface area contributed by atoms with Crippen LogP contribution >= 0.6 is 11.3 Å². The second kappa shape index (κ2) is 6.48. The van der Waals surface area contributed by atoms with Gasteiger partial charge in [0.25, 0.3) is 0 Å². The van der Waals surface area contributed by atoms with Crippen molar-refractivity contribution in [2.75, 3.05) is 24.5 Å². The molecule has 1 aromatic heterocycles. The number of thiophene rings is 1. The Bertz CT molecular complexity index is 431. The summed E-state index contributed by atoms with van der Waals surface area (Å²) in [5.74, 6) is 1.02. The fourth-order valence-corrected chi connectivity index (χ4v) is 3.38. The summed E-state index contributed by atoms with van der Waals surface area (Å²) in [6.07, 6.45) is 4.96. The van der Waals surface area contributed by atoms with E-state index in [4.69, 9.17) is 0 Å². The van der Waals surface area contributed by atoms with Crippen molar-refractivity contribution >= 4 is 22.3 Å². The first kappa shape index (κ1) is 13.7. The molecule has 1 aliphatic carbocycles. The molecule has 5 heteroatoms. The molecular weight excluding hydrogens is 268 g/mol. The largest absolute Gasteiger partial charge is 0.363 e. The Morgan fingerprint density at radius 3 is 2.50 bits per heavy atom. The maximum atomic E-state index is 4.55. The Kier molecular flexibility index (Phi) is 4.45. The maximum Gasteiger partial charge on any atom is 0.191 e. The standard InChI is InChI=1S/C15H24N4S/c1-2-16-15(17-12-5-6-12)18-13-7-9-19(10-8-13)14-4-3-11-20-14/h3-4,11-13H,2,5-10H2,1H3,(H2,16,17,18). The first-order chi connectivity index (χ1) is 9.85. The molecule has 110 valence electrons. The molecule has 0 aromatic carbocycles. The van der Waals surface area contributed by atoms with Gasteiger partial charge in [0.2, 0.25) is 0 Å². The van der Waals surface area contributed by atoms with Crippen LogP contribution in [-0.4, -0.2) is 37.7 Å². The molecule has 2 N–H and O–H groups in total. The molecule has 3 rings (SSSR count). The highest BCUT2D eigenvalue weighted by Gasteiger charge is 2.25. The van der Waals surface area contributed by atoms with Crippen LogP contribution in [-0.2, 0) is 0 Å². The minimum atomic E-state index is 0.558. The zero-order chi connectivity index (χ0) is 13.8. The molecule has 0 bridgehead atoms. The number of piperidine rings is 1. The van der Waals surface area contributed by atoms with Crippen LogP contribution in [0.4, 0.5) is 5.00 Å². The van der Waals surface area contributed by atoms with Gasteiger partial charge in [-0.3, -0.25) is 4.99 Å². The van der Waals surface area contributed by atoms with E-state index in [0.717, 1.165) is 25.6 Å². The lowest BCUT2D eigenvalue weighted by atomic mass is 10.1. The zero-order valence-corrected chi connectivity index (χ0v) is 13.0. The fourth-order valence-electron chi connectivity index (χ4n) is 2.60. The number of hydrogen-bond acceptors (Lipinski definition) is 3. The van der Waals surface area contributed by atoms with E-state index in [0.29, 0.717) is 12.1 Å². The first-order valence-corrected chi connectivity index (χ1v) is 8.59. The van der Waals surface area contributed by atoms with Crippen LogP contribution in [0.2, 0.25) is 0 Å². The maximum absolute atomic E-state index is 4.55. The number of guanidine groups is 1. The highest BCUT2D eigenvalue weighted by molar-refractivity contribution is 7.14. The SMILES string of the molecule is CCN=C(NC1CC1)NC1CCN(c2cccs2)CC1. The van der Waals surface area contributed by atoms with Gasteiger partial charge in [-0.15, -0.1) is 11.3 Å². The molecule has 0 spiro atoms. The second-order valence-corrected chi connectivity index (χ2v) is 6.52. The molecule has 0 radical (unpaired) electrons. The van der Waals surface area contributed by atoms with Crippen LogP contribution < -0.4 is 15.5 Å². The predicted octanol–water partition coefficient (Wildman–Crippen LogP) is 2.43. The van der Waals surface area contributed by atoms with Crippen molar-refractivity contribution in [3.8, 4) is 0 Å². The van der Waals surface area contributed by atoms with Gasteiger partial charge in [-0.05, 0) is 50.1 Å². The van der Waals surface area contributed by atoms with Gasteiger partial charge in [-0.1, -0.05) is 0 Å². The Hall–Kier alpha value is -1.23. The summed E-state index contributed by atoms with van der Waals surface area (Å²) < 4.78 is 0. The third-order valence-corrected chi connectivity index (χ3v) is 4.82. The smallest absolute Gasteiger partial charge is 0.191 e. The summed E-state index contributed by atoms with van der Waals surface area (Å²) in [5.41, 5.74) is 0. The van der Waals surface area contributed by atoms with E-state index in [1.165, 1.54) is 30.7 Å². The third-order valence-electron chi connectivity index (χ3n) is 3.89. The quantitative estimate of drug-likeness (QED) is 0.661. The summed E-state index contributed by atoms with van der Waals surface area (Å²) in [6.45, 7) is 5.22. The minimum absolute atomic E-state index is 0.558. The van der Waals surface area contributed by atoms with Gasteiger partial charge in [-0.2, -0.15) is 0 Å². The van der Waals surface area contributed by atoms with Crippen LogP contribution in [0, 0.1) is 0 Å². The molecule has 1 saturated heterocycles. The summed E-state index contributed by atoms with van der Waals surface area (Å²) in [5, 5.41) is 10.7. The number of rotatable bonds is 4. The van der Waals surface area contributed by atoms with E-state index in [1.807, 2.05) is 11.3 Å². The number of aliphatic imine (C=N–C) groups is 1. The average molecular weight is 292 g/mol. The van der Waals surface area contributed by atoms with Gasteiger partial charge in [0, 0.05) is 31.7 Å². The van der Waals surface area contributed by atoms with Crippen LogP contribution in [0.1, 0.15) is 32.6 Å². The minimum Gasteiger partial charge on any atom is -0.363 e. The lowest BCUT2D eigenvalue weighted by Gasteiger charge is -2.33. The molecule has 0 amide bonds. The number of hydrogen-bond donors (Lipinski definition) is 2. The van der Waals surface area contributed by atoms with Crippen molar-refractivity contribution < 1.29 is 0 Å². The third kappa shape index (κ3) is 3.66. The number of nitrogens with zero attached hydrogens (tertiary/aromatic N) is 2. The van der Waals surface area contributed by atoms with Crippen molar-refractivity contribution in [2.45, 2.75) is 44.7 Å². The van der Waals surface area contributed by atoms with Crippen LogP contribution in [0.25, 0.3) is 0 Å². The lowest BCUT2D eigenvalue weighted by molar-refractivity contribution is 0.462. The molecule has 2 aliphatic rings. The van der Waals surface area contributed by atoms with E-state index in [-0.39, 0.29) is 0 Å². The van der Waals surface area contributed by atoms with E-state index in [2.05, 4.69) is 45.0 Å². The summed E-state index contributed by atoms with van der Waals surface area (Å²) >= 11 is 1.84. The van der Waals surface area contributed by atoms with Crippen LogP contribution in [0.5, 0.6) is 0 Å². The van der Waals surface area contributed by atoms with Gasteiger partial charge in [-0.25, -0.2) is 0 Å². The summed E-state index contributed by atoms with van der Waals surface area (Å²) in [4.78, 5) is 7.04. The Morgan fingerprint density at radius 1 is 1.25 bits per heavy atom. The van der Waals surface area contributed by atoms with Gasteiger partial charge >= 0.3 is 0 Å². The molecule has 20 heavy (non-hydrogen) atoms. The van der Waals surface area contributed by atoms with E-state index >= 15 is 0 Å². The zero-order valence-electron chi connectivity index (χ0n) is 12.1. The molecule has 2 fully saturated rings. The monoisotopic (exact) mass is 292 g/mol. The van der Waals surface area contributed by atoms with Crippen molar-refractivity contribution in [1.29, 1.82) is 0 Å². The average Bonchev–Trinajstić information content (AvgIpc) is 3.10. The fraction of sp³-hybridized carbons (Fsp3) is 0.667. The molecular formula is C15H24N4S. The number of nitrogens with one attached hydrogen (secondary N) is 2. The van der Waals surface area contributed by atoms with Crippen molar-refractivity contribution in [2.24, 2.45) is 4.99 Å². The Morgan fingerprint density at radius 2 is 1.95 bits per heavy atom. The lowest BCUT2D eigenvalue weighted by Crippen LogP contribution is -2.49. The Labute approximate surface area is 125 Å². The molecule has 0 unspecified atom stereocenters. The topological polar surface area (TPSA) is 39.7 Å².